The second-order valence-electron chi connectivity index (χ2n) is 11.6. The number of benzene rings is 3. The molecule has 0 aliphatic carbocycles. The van der Waals surface area contributed by atoms with E-state index >= 15 is 0 Å². The number of carbonyl (C=O) groups is 6. The maximum atomic E-state index is 12.8. The van der Waals surface area contributed by atoms with Crippen molar-refractivity contribution in [1.82, 2.24) is 0 Å². The molecule has 0 amide bonds. The number of unbranched alkanes of at least 4 members (excludes halogenated alkanes) is 6. The van der Waals surface area contributed by atoms with Crippen molar-refractivity contribution in [1.29, 1.82) is 0 Å². The van der Waals surface area contributed by atoms with Gasteiger partial charge in [0.15, 0.2) is 0 Å². The van der Waals surface area contributed by atoms with E-state index < -0.39 is 35.8 Å². The molecule has 0 bridgehead atoms. The number of esters is 6. The average molecular weight is 740 g/mol. The monoisotopic (exact) mass is 739 g/mol. The van der Waals surface area contributed by atoms with Gasteiger partial charge in [0.05, 0.1) is 30.9 Å². The van der Waals surface area contributed by atoms with Crippen LogP contribution in [0.3, 0.4) is 0 Å². The summed E-state index contributed by atoms with van der Waals surface area (Å²) in [5.74, 6) is -2.75. The molecule has 0 aliphatic rings. The Morgan fingerprint density at radius 2 is 0.963 bits per heavy atom. The third-order valence-electron chi connectivity index (χ3n) is 7.48. The van der Waals surface area contributed by atoms with E-state index in [1.54, 1.807) is 0 Å². The molecule has 0 spiro atoms. The van der Waals surface area contributed by atoms with Crippen LogP contribution in [0.25, 0.3) is 4.85 Å². The van der Waals surface area contributed by atoms with Gasteiger partial charge in [-0.2, -0.15) is 0 Å². The number of carbonyl (C=O) groups excluding carboxylic acids is 6. The van der Waals surface area contributed by atoms with Crippen LogP contribution in [0.15, 0.2) is 92.0 Å². The van der Waals surface area contributed by atoms with Crippen molar-refractivity contribution in [2.75, 3.05) is 13.2 Å². The first-order chi connectivity index (χ1) is 26.1. The maximum absolute atomic E-state index is 12.8. The summed E-state index contributed by atoms with van der Waals surface area (Å²) in [6.45, 7) is 14.8. The van der Waals surface area contributed by atoms with Crippen molar-refractivity contribution in [2.45, 2.75) is 64.2 Å². The topological polar surface area (TPSA) is 162 Å². The molecule has 3 aromatic carbocycles. The molecule has 0 N–H and O–H groups in total. The van der Waals surface area contributed by atoms with Gasteiger partial charge in [-0.25, -0.2) is 24.0 Å². The highest BCUT2D eigenvalue weighted by atomic mass is 16.6. The van der Waals surface area contributed by atoms with Gasteiger partial charge in [-0.05, 0) is 92.4 Å². The van der Waals surface area contributed by atoms with Gasteiger partial charge in [-0.15, -0.1) is 0 Å². The fourth-order valence-electron chi connectivity index (χ4n) is 4.66. The van der Waals surface area contributed by atoms with E-state index in [0.29, 0.717) is 38.9 Å². The Kier molecular flexibility index (Phi) is 17.9. The summed E-state index contributed by atoms with van der Waals surface area (Å²) in [5.41, 5.74) is 0.241. The zero-order valence-corrected chi connectivity index (χ0v) is 29.8. The predicted octanol–water partition coefficient (Wildman–Crippen LogP) is 7.85. The van der Waals surface area contributed by atoms with Crippen molar-refractivity contribution >= 4 is 41.5 Å². The lowest BCUT2D eigenvalue weighted by atomic mass is 10.1. The number of hydrogen-bond acceptors (Lipinski definition) is 12. The van der Waals surface area contributed by atoms with Crippen molar-refractivity contribution in [3.05, 3.63) is 115 Å². The highest BCUT2D eigenvalue weighted by molar-refractivity contribution is 5.93. The standard InChI is InChI=1S/C41H41NO12/c1-4-36(43)49-26-12-8-6-10-14-38(45)51-31-20-16-29(17-21-31)40(47)53-33-24-25-35(34(28-33)42-3)54-41(48)30-18-22-32(23-19-30)52-39(46)15-11-7-9-13-27-50-37(44)5-2/h4-5,16-25,28H,1-2,6-15,26-27H2. The lowest BCUT2D eigenvalue weighted by Crippen LogP contribution is -2.11. The van der Waals surface area contributed by atoms with Crippen LogP contribution in [0.2, 0.25) is 0 Å². The molecular weight excluding hydrogens is 698 g/mol. The van der Waals surface area contributed by atoms with E-state index in [4.69, 9.17) is 35.0 Å². The molecule has 282 valence electrons. The molecule has 0 fully saturated rings. The summed E-state index contributed by atoms with van der Waals surface area (Å²) in [5, 5.41) is 0. The van der Waals surface area contributed by atoms with Crippen molar-refractivity contribution in [3.63, 3.8) is 0 Å². The zero-order chi connectivity index (χ0) is 39.1. The molecule has 13 heteroatoms. The van der Waals surface area contributed by atoms with Gasteiger partial charge in [-0.3, -0.25) is 9.59 Å². The minimum atomic E-state index is -0.758. The van der Waals surface area contributed by atoms with Gasteiger partial charge >= 0.3 is 35.8 Å². The van der Waals surface area contributed by atoms with E-state index in [9.17, 15) is 28.8 Å². The van der Waals surface area contributed by atoms with Crippen LogP contribution in [-0.4, -0.2) is 49.0 Å². The van der Waals surface area contributed by atoms with Crippen LogP contribution < -0.4 is 18.9 Å². The van der Waals surface area contributed by atoms with Crippen LogP contribution in [0.1, 0.15) is 84.9 Å². The van der Waals surface area contributed by atoms with Gasteiger partial charge in [0, 0.05) is 25.0 Å². The minimum absolute atomic E-state index is 0.0420. The van der Waals surface area contributed by atoms with Crippen LogP contribution in [0.4, 0.5) is 5.69 Å². The highest BCUT2D eigenvalue weighted by Crippen LogP contribution is 2.33. The quantitative estimate of drug-likeness (QED) is 0.0323. The van der Waals surface area contributed by atoms with Gasteiger partial charge in [0.1, 0.15) is 23.0 Å². The van der Waals surface area contributed by atoms with E-state index in [0.717, 1.165) is 37.8 Å². The molecule has 0 saturated carbocycles. The fraction of sp³-hybridized carbons (Fsp3) is 0.293. The Morgan fingerprint density at radius 3 is 1.41 bits per heavy atom. The van der Waals surface area contributed by atoms with Gasteiger partial charge in [0.25, 0.3) is 0 Å². The molecule has 3 rings (SSSR count). The summed E-state index contributed by atoms with van der Waals surface area (Å²) < 4.78 is 31.3. The Hall–Kier alpha value is -6.55. The van der Waals surface area contributed by atoms with Gasteiger partial charge < -0.3 is 28.4 Å². The molecule has 0 aromatic heterocycles. The Balaban J connectivity index is 1.41. The first-order valence-corrected chi connectivity index (χ1v) is 17.3. The molecule has 0 saturated heterocycles. The Morgan fingerprint density at radius 1 is 0.537 bits per heavy atom. The summed E-state index contributed by atoms with van der Waals surface area (Å²) >= 11 is 0. The molecule has 3 aromatic rings. The second-order valence-corrected chi connectivity index (χ2v) is 11.6. The SMILES string of the molecule is [C-]#[N+]c1cc(OC(=O)c2ccc(OC(=O)CCCCCCOC(=O)C=C)cc2)ccc1OC(=O)c1ccc(OC(=O)CCCCCCOC(=O)C=C)cc1. The largest absolute Gasteiger partial charge is 0.463 e. The molecule has 0 unspecified atom stereocenters. The molecule has 0 aliphatic heterocycles. The van der Waals surface area contributed by atoms with Crippen molar-refractivity contribution in [2.24, 2.45) is 0 Å². The summed E-state index contributed by atoms with van der Waals surface area (Å²) in [6, 6.07) is 15.5. The lowest BCUT2D eigenvalue weighted by molar-refractivity contribution is -0.138. The lowest BCUT2D eigenvalue weighted by Gasteiger charge is -2.10. The van der Waals surface area contributed by atoms with Crippen molar-refractivity contribution in [3.8, 4) is 23.0 Å². The Labute approximate surface area is 313 Å². The summed E-state index contributed by atoms with van der Waals surface area (Å²) in [6.07, 6.45) is 8.32. The second kappa shape index (κ2) is 23.1. The molecule has 0 heterocycles. The average Bonchev–Trinajstić information content (AvgIpc) is 3.17. The molecule has 0 radical (unpaired) electrons. The number of hydrogen-bond donors (Lipinski definition) is 0. The summed E-state index contributed by atoms with van der Waals surface area (Å²) in [4.78, 5) is 75.3. The van der Waals surface area contributed by atoms with Crippen molar-refractivity contribution < 1.29 is 57.2 Å². The molecule has 54 heavy (non-hydrogen) atoms. The fourth-order valence-corrected chi connectivity index (χ4v) is 4.66. The third kappa shape index (κ3) is 15.4. The normalized spacial score (nSPS) is 10.2. The van der Waals surface area contributed by atoms with Crippen LogP contribution in [-0.2, 0) is 28.7 Å². The van der Waals surface area contributed by atoms with Crippen LogP contribution in [0.5, 0.6) is 23.0 Å². The highest BCUT2D eigenvalue weighted by Gasteiger charge is 2.16. The first-order valence-electron chi connectivity index (χ1n) is 17.3. The minimum Gasteiger partial charge on any atom is -0.463 e. The third-order valence-corrected chi connectivity index (χ3v) is 7.48. The molecule has 0 atom stereocenters. The van der Waals surface area contributed by atoms with E-state index in [1.807, 2.05) is 0 Å². The zero-order valence-electron chi connectivity index (χ0n) is 29.8. The first kappa shape index (κ1) is 41.9. The van der Waals surface area contributed by atoms with Crippen LogP contribution >= 0.6 is 0 Å². The summed E-state index contributed by atoms with van der Waals surface area (Å²) in [7, 11) is 0. The van der Waals surface area contributed by atoms with E-state index in [2.05, 4.69) is 18.0 Å². The molecule has 13 nitrogen and oxygen atoms in total. The van der Waals surface area contributed by atoms with Gasteiger partial charge in [-0.1, -0.05) is 38.8 Å². The molecular formula is C41H41NO12. The van der Waals surface area contributed by atoms with Gasteiger partial charge in [0.2, 0.25) is 5.69 Å². The maximum Gasteiger partial charge on any atom is 0.343 e. The van der Waals surface area contributed by atoms with E-state index in [-0.39, 0.29) is 52.7 Å². The van der Waals surface area contributed by atoms with E-state index in [1.165, 1.54) is 66.7 Å². The predicted molar refractivity (Wildman–Crippen MR) is 195 cm³/mol. The number of ether oxygens (including phenoxy) is 6. The smallest absolute Gasteiger partial charge is 0.343 e. The number of nitrogens with zero attached hydrogens (tertiary/aromatic N) is 1. The number of rotatable bonds is 22. The van der Waals surface area contributed by atoms with Crippen LogP contribution in [0, 0.1) is 6.57 Å². The Bertz CT molecular complexity index is 1820.